The molecule has 1 heterocycles. The van der Waals surface area contributed by atoms with E-state index in [1.54, 1.807) is 0 Å². The van der Waals surface area contributed by atoms with Crippen molar-refractivity contribution in [3.63, 3.8) is 0 Å². The predicted molar refractivity (Wildman–Crippen MR) is 84.3 cm³/mol. The lowest BCUT2D eigenvalue weighted by Crippen LogP contribution is -2.27. The molecule has 4 aliphatic rings. The van der Waals surface area contributed by atoms with Gasteiger partial charge in [0.05, 0.1) is 5.69 Å². The summed E-state index contributed by atoms with van der Waals surface area (Å²) in [5.74, 6) is 1.83. The second kappa shape index (κ2) is 5.39. The zero-order chi connectivity index (χ0) is 15.3. The smallest absolute Gasteiger partial charge is 0.354 e. The molecule has 0 aromatic carbocycles. The summed E-state index contributed by atoms with van der Waals surface area (Å²) in [6, 6.07) is 0. The maximum absolute atomic E-state index is 11.9. The molecule has 0 saturated heterocycles. The number of carboxylic acid groups (broad SMARTS) is 1. The molecule has 2 unspecified atom stereocenters. The molecule has 4 bridgehead atoms. The number of hydrogen-bond acceptors (Lipinski definition) is 2. The lowest BCUT2D eigenvalue weighted by molar-refractivity contribution is 0.0679. The molecule has 2 atom stereocenters. The SMILES string of the molecule is CCCCCn1nc2c(c1C(=O)O)C1CC3CC(CC2C3)C1. The Labute approximate surface area is 131 Å². The first kappa shape index (κ1) is 14.3. The molecule has 2 saturated carbocycles. The van der Waals surface area contributed by atoms with Crippen LogP contribution in [0.2, 0.25) is 0 Å². The van der Waals surface area contributed by atoms with Gasteiger partial charge in [-0.25, -0.2) is 4.79 Å². The molecule has 0 radical (unpaired) electrons. The monoisotopic (exact) mass is 302 g/mol. The van der Waals surface area contributed by atoms with Crippen LogP contribution < -0.4 is 0 Å². The summed E-state index contributed by atoms with van der Waals surface area (Å²) in [4.78, 5) is 11.9. The van der Waals surface area contributed by atoms with Crippen molar-refractivity contribution >= 4 is 5.97 Å². The average Bonchev–Trinajstić information content (AvgIpc) is 2.78. The number of aryl methyl sites for hydroxylation is 1. The van der Waals surface area contributed by atoms with Crippen molar-refractivity contribution in [3.8, 4) is 0 Å². The minimum absolute atomic E-state index is 0.456. The first-order valence-corrected chi connectivity index (χ1v) is 9.01. The highest BCUT2D eigenvalue weighted by atomic mass is 16.4. The Hall–Kier alpha value is -1.32. The van der Waals surface area contributed by atoms with Gasteiger partial charge in [-0.1, -0.05) is 19.8 Å². The van der Waals surface area contributed by atoms with E-state index in [9.17, 15) is 9.90 Å². The number of rotatable bonds is 5. The minimum Gasteiger partial charge on any atom is -0.477 e. The molecule has 4 heteroatoms. The Morgan fingerprint density at radius 3 is 2.45 bits per heavy atom. The largest absolute Gasteiger partial charge is 0.477 e. The molecular formula is C18H26N2O2. The molecule has 120 valence electrons. The van der Waals surface area contributed by atoms with Crippen LogP contribution in [0.25, 0.3) is 0 Å². The van der Waals surface area contributed by atoms with Crippen LogP contribution in [0.4, 0.5) is 0 Å². The summed E-state index contributed by atoms with van der Waals surface area (Å²) < 4.78 is 1.82. The lowest BCUT2D eigenvalue weighted by Gasteiger charge is -2.38. The van der Waals surface area contributed by atoms with Crippen LogP contribution in [0.15, 0.2) is 0 Å². The lowest BCUT2D eigenvalue weighted by atomic mass is 9.67. The average molecular weight is 302 g/mol. The number of hydrogen-bond donors (Lipinski definition) is 1. The normalized spacial score (nSPS) is 32.0. The third kappa shape index (κ3) is 2.19. The van der Waals surface area contributed by atoms with Crippen LogP contribution in [0.1, 0.15) is 91.9 Å². The van der Waals surface area contributed by atoms with E-state index in [4.69, 9.17) is 5.10 Å². The molecule has 4 aliphatic carbocycles. The van der Waals surface area contributed by atoms with Crippen molar-refractivity contribution in [2.24, 2.45) is 11.8 Å². The zero-order valence-electron chi connectivity index (χ0n) is 13.4. The van der Waals surface area contributed by atoms with Crippen molar-refractivity contribution in [1.29, 1.82) is 0 Å². The van der Waals surface area contributed by atoms with Gasteiger partial charge >= 0.3 is 5.97 Å². The van der Waals surface area contributed by atoms with Crippen molar-refractivity contribution in [2.75, 3.05) is 0 Å². The highest BCUT2D eigenvalue weighted by Crippen LogP contribution is 2.56. The molecule has 4 nitrogen and oxygen atoms in total. The van der Waals surface area contributed by atoms with E-state index in [2.05, 4.69) is 6.92 Å². The first-order chi connectivity index (χ1) is 10.7. The van der Waals surface area contributed by atoms with Crippen LogP contribution in [0.3, 0.4) is 0 Å². The highest BCUT2D eigenvalue weighted by molar-refractivity contribution is 5.88. The molecule has 1 aromatic heterocycles. The maximum atomic E-state index is 11.9. The Morgan fingerprint density at radius 1 is 1.14 bits per heavy atom. The molecule has 1 aromatic rings. The van der Waals surface area contributed by atoms with E-state index in [0.717, 1.165) is 48.9 Å². The second-order valence-corrected chi connectivity index (χ2v) is 7.69. The Morgan fingerprint density at radius 2 is 1.82 bits per heavy atom. The van der Waals surface area contributed by atoms with Gasteiger partial charge in [0.2, 0.25) is 0 Å². The zero-order valence-corrected chi connectivity index (χ0v) is 13.4. The molecule has 5 rings (SSSR count). The van der Waals surface area contributed by atoms with Crippen LogP contribution in [0, 0.1) is 11.8 Å². The standard InChI is InChI=1S/C18H26N2O2/c1-2-3-4-5-20-17(18(21)22)15-13-7-11-6-12(8-13)10-14(9-11)16(15)19-20/h11-14H,2-10H2,1H3,(H,21,22). The van der Waals surface area contributed by atoms with Gasteiger partial charge in [-0.05, 0) is 56.3 Å². The molecule has 1 N–H and O–H groups in total. The summed E-state index contributed by atoms with van der Waals surface area (Å²) >= 11 is 0. The molecule has 22 heavy (non-hydrogen) atoms. The summed E-state index contributed by atoms with van der Waals surface area (Å²) in [7, 11) is 0. The molecule has 0 amide bonds. The van der Waals surface area contributed by atoms with Gasteiger partial charge < -0.3 is 5.11 Å². The van der Waals surface area contributed by atoms with Crippen LogP contribution in [-0.4, -0.2) is 20.9 Å². The predicted octanol–water partition coefficient (Wildman–Crippen LogP) is 4.16. The summed E-state index contributed by atoms with van der Waals surface area (Å²) in [5, 5.41) is 14.6. The van der Waals surface area contributed by atoms with Crippen molar-refractivity contribution in [3.05, 3.63) is 17.0 Å². The highest BCUT2D eigenvalue weighted by Gasteiger charge is 2.45. The second-order valence-electron chi connectivity index (χ2n) is 7.69. The van der Waals surface area contributed by atoms with Gasteiger partial charge in [-0.3, -0.25) is 4.68 Å². The van der Waals surface area contributed by atoms with Gasteiger partial charge in [0.15, 0.2) is 0 Å². The summed E-state index contributed by atoms with van der Waals surface area (Å²) in [6.07, 6.45) is 9.56. The molecular weight excluding hydrogens is 276 g/mol. The Kier molecular flexibility index (Phi) is 3.50. The Balaban J connectivity index is 1.75. The fourth-order valence-corrected chi connectivity index (χ4v) is 5.41. The van der Waals surface area contributed by atoms with Gasteiger partial charge in [0.25, 0.3) is 0 Å². The Bertz CT molecular complexity index is 578. The van der Waals surface area contributed by atoms with Crippen molar-refractivity contribution < 1.29 is 9.90 Å². The fraction of sp³-hybridized carbons (Fsp3) is 0.778. The number of aromatic nitrogens is 2. The number of carboxylic acids is 1. The quantitative estimate of drug-likeness (QED) is 0.831. The number of aromatic carboxylic acids is 1. The third-order valence-electron chi connectivity index (χ3n) is 6.13. The molecule has 0 spiro atoms. The van der Waals surface area contributed by atoms with Gasteiger partial charge in [-0.2, -0.15) is 5.10 Å². The topological polar surface area (TPSA) is 55.1 Å². The van der Waals surface area contributed by atoms with E-state index in [-0.39, 0.29) is 0 Å². The van der Waals surface area contributed by atoms with E-state index in [1.165, 1.54) is 32.1 Å². The first-order valence-electron chi connectivity index (χ1n) is 9.01. The van der Waals surface area contributed by atoms with Crippen LogP contribution in [0.5, 0.6) is 0 Å². The number of unbranched alkanes of at least 4 members (excludes halogenated alkanes) is 2. The number of nitrogens with zero attached hydrogens (tertiary/aromatic N) is 2. The fourth-order valence-electron chi connectivity index (χ4n) is 5.41. The summed E-state index contributed by atoms with van der Waals surface area (Å²) in [6.45, 7) is 2.93. The van der Waals surface area contributed by atoms with Crippen LogP contribution >= 0.6 is 0 Å². The van der Waals surface area contributed by atoms with Gasteiger partial charge in [0.1, 0.15) is 5.69 Å². The number of carbonyl (C=O) groups is 1. The molecule has 2 fully saturated rings. The third-order valence-corrected chi connectivity index (χ3v) is 6.13. The van der Waals surface area contributed by atoms with E-state index >= 15 is 0 Å². The van der Waals surface area contributed by atoms with Crippen molar-refractivity contribution in [2.45, 2.75) is 76.7 Å². The van der Waals surface area contributed by atoms with E-state index < -0.39 is 5.97 Å². The molecule has 0 aliphatic heterocycles. The summed E-state index contributed by atoms with van der Waals surface area (Å²) in [5.41, 5.74) is 2.80. The van der Waals surface area contributed by atoms with Gasteiger partial charge in [-0.15, -0.1) is 0 Å². The van der Waals surface area contributed by atoms with Crippen molar-refractivity contribution in [1.82, 2.24) is 9.78 Å². The van der Waals surface area contributed by atoms with E-state index in [0.29, 0.717) is 17.5 Å². The van der Waals surface area contributed by atoms with Crippen LogP contribution in [-0.2, 0) is 6.54 Å². The minimum atomic E-state index is -0.772. The maximum Gasteiger partial charge on any atom is 0.354 e. The van der Waals surface area contributed by atoms with E-state index in [1.807, 2.05) is 4.68 Å². The van der Waals surface area contributed by atoms with Gasteiger partial charge in [0, 0.05) is 18.0 Å².